The third-order valence-corrected chi connectivity index (χ3v) is 3.43. The summed E-state index contributed by atoms with van der Waals surface area (Å²) in [6.07, 6.45) is 1.24. The number of nitrogens with one attached hydrogen (secondary N) is 1. The van der Waals surface area contributed by atoms with Crippen LogP contribution in [0.5, 0.6) is 0 Å². The maximum atomic E-state index is 12.0. The SMILES string of the molecule is CC(C)CC(C)(CN)NC(=O)CCC(=O)c1ccccc1. The summed E-state index contributed by atoms with van der Waals surface area (Å²) in [6, 6.07) is 9.04. The number of carbonyl (C=O) groups excluding carboxylic acids is 2. The maximum absolute atomic E-state index is 12.0. The van der Waals surface area contributed by atoms with Crippen molar-refractivity contribution in [3.05, 3.63) is 35.9 Å². The quantitative estimate of drug-likeness (QED) is 0.723. The van der Waals surface area contributed by atoms with Gasteiger partial charge in [-0.2, -0.15) is 0 Å². The highest BCUT2D eigenvalue weighted by atomic mass is 16.2. The molecule has 1 unspecified atom stereocenters. The van der Waals surface area contributed by atoms with Gasteiger partial charge in [-0.15, -0.1) is 0 Å². The Labute approximate surface area is 127 Å². The van der Waals surface area contributed by atoms with E-state index in [0.29, 0.717) is 18.0 Å². The molecule has 4 nitrogen and oxygen atoms in total. The van der Waals surface area contributed by atoms with Crippen molar-refractivity contribution >= 4 is 11.7 Å². The monoisotopic (exact) mass is 290 g/mol. The molecule has 0 fully saturated rings. The Bertz CT molecular complexity index is 471. The van der Waals surface area contributed by atoms with Crippen LogP contribution in [0.15, 0.2) is 30.3 Å². The molecule has 0 saturated heterocycles. The number of hydrogen-bond acceptors (Lipinski definition) is 3. The van der Waals surface area contributed by atoms with Crippen LogP contribution in [0, 0.1) is 5.92 Å². The number of hydrogen-bond donors (Lipinski definition) is 2. The number of amides is 1. The lowest BCUT2D eigenvalue weighted by Gasteiger charge is -2.31. The third-order valence-electron chi connectivity index (χ3n) is 3.43. The molecule has 4 heteroatoms. The topological polar surface area (TPSA) is 72.2 Å². The number of rotatable bonds is 8. The minimum atomic E-state index is -0.402. The fourth-order valence-electron chi connectivity index (χ4n) is 2.48. The second-order valence-corrected chi connectivity index (χ2v) is 6.20. The van der Waals surface area contributed by atoms with Crippen molar-refractivity contribution in [3.63, 3.8) is 0 Å². The summed E-state index contributed by atoms with van der Waals surface area (Å²) in [5, 5.41) is 2.97. The van der Waals surface area contributed by atoms with E-state index < -0.39 is 5.54 Å². The van der Waals surface area contributed by atoms with Crippen molar-refractivity contribution < 1.29 is 9.59 Å². The van der Waals surface area contributed by atoms with Crippen molar-refractivity contribution in [2.75, 3.05) is 6.54 Å². The molecular formula is C17H26N2O2. The summed E-state index contributed by atoms with van der Waals surface area (Å²) in [6.45, 7) is 6.53. The molecule has 0 aliphatic carbocycles. The van der Waals surface area contributed by atoms with Gasteiger partial charge < -0.3 is 11.1 Å². The molecule has 0 aromatic heterocycles. The Morgan fingerprint density at radius 3 is 2.33 bits per heavy atom. The first kappa shape index (κ1) is 17.4. The Hall–Kier alpha value is -1.68. The number of carbonyl (C=O) groups is 2. The molecule has 0 spiro atoms. The van der Waals surface area contributed by atoms with Gasteiger partial charge in [0.2, 0.25) is 5.91 Å². The van der Waals surface area contributed by atoms with E-state index in [9.17, 15) is 9.59 Å². The van der Waals surface area contributed by atoms with Crippen LogP contribution in [-0.4, -0.2) is 23.8 Å². The highest BCUT2D eigenvalue weighted by Gasteiger charge is 2.25. The van der Waals surface area contributed by atoms with Gasteiger partial charge >= 0.3 is 0 Å². The molecule has 3 N–H and O–H groups in total. The Balaban J connectivity index is 2.48. The van der Waals surface area contributed by atoms with Crippen molar-refractivity contribution in [1.29, 1.82) is 0 Å². The van der Waals surface area contributed by atoms with Gasteiger partial charge in [0.1, 0.15) is 0 Å². The Morgan fingerprint density at radius 2 is 1.81 bits per heavy atom. The van der Waals surface area contributed by atoms with Crippen LogP contribution in [0.3, 0.4) is 0 Å². The summed E-state index contributed by atoms with van der Waals surface area (Å²) in [7, 11) is 0. The van der Waals surface area contributed by atoms with Crippen LogP contribution in [-0.2, 0) is 4.79 Å². The molecular weight excluding hydrogens is 264 g/mol. The zero-order chi connectivity index (χ0) is 15.9. The molecule has 21 heavy (non-hydrogen) atoms. The second-order valence-electron chi connectivity index (χ2n) is 6.20. The van der Waals surface area contributed by atoms with Gasteiger partial charge in [-0.05, 0) is 19.3 Å². The smallest absolute Gasteiger partial charge is 0.220 e. The first-order valence-electron chi connectivity index (χ1n) is 7.45. The highest BCUT2D eigenvalue weighted by molar-refractivity contribution is 5.97. The molecule has 0 aliphatic rings. The van der Waals surface area contributed by atoms with Gasteiger partial charge in [-0.25, -0.2) is 0 Å². The van der Waals surface area contributed by atoms with E-state index in [1.54, 1.807) is 12.1 Å². The fourth-order valence-corrected chi connectivity index (χ4v) is 2.48. The summed E-state index contributed by atoms with van der Waals surface area (Å²) >= 11 is 0. The van der Waals surface area contributed by atoms with E-state index in [0.717, 1.165) is 6.42 Å². The Morgan fingerprint density at radius 1 is 1.19 bits per heavy atom. The van der Waals surface area contributed by atoms with Gasteiger partial charge in [0, 0.05) is 30.5 Å². The average molecular weight is 290 g/mol. The van der Waals surface area contributed by atoms with E-state index in [2.05, 4.69) is 19.2 Å². The molecule has 1 amide bonds. The molecule has 1 atom stereocenters. The standard InChI is InChI=1S/C17H26N2O2/c1-13(2)11-17(3,12-18)19-16(21)10-9-15(20)14-7-5-4-6-8-14/h4-8,13H,9-12,18H2,1-3H3,(H,19,21). The Kier molecular flexibility index (Phi) is 6.56. The number of nitrogens with two attached hydrogens (primary N) is 1. The van der Waals surface area contributed by atoms with E-state index in [-0.39, 0.29) is 24.5 Å². The van der Waals surface area contributed by atoms with Crippen molar-refractivity contribution in [2.45, 2.75) is 45.6 Å². The van der Waals surface area contributed by atoms with Crippen LogP contribution >= 0.6 is 0 Å². The van der Waals surface area contributed by atoms with E-state index in [1.807, 2.05) is 25.1 Å². The number of benzene rings is 1. The van der Waals surface area contributed by atoms with Gasteiger partial charge in [-0.1, -0.05) is 44.2 Å². The first-order valence-corrected chi connectivity index (χ1v) is 7.45. The summed E-state index contributed by atoms with van der Waals surface area (Å²) in [5.74, 6) is 0.321. The van der Waals surface area contributed by atoms with Crippen molar-refractivity contribution in [2.24, 2.45) is 11.7 Å². The van der Waals surface area contributed by atoms with Crippen LogP contribution in [0.1, 0.15) is 50.4 Å². The lowest BCUT2D eigenvalue weighted by molar-refractivity contribution is -0.122. The summed E-state index contributed by atoms with van der Waals surface area (Å²) in [4.78, 5) is 24.0. The maximum Gasteiger partial charge on any atom is 0.220 e. The average Bonchev–Trinajstić information content (AvgIpc) is 2.44. The normalized spacial score (nSPS) is 13.8. The van der Waals surface area contributed by atoms with Crippen LogP contribution in [0.2, 0.25) is 0 Å². The second kappa shape index (κ2) is 7.93. The summed E-state index contributed by atoms with van der Waals surface area (Å²) in [5.41, 5.74) is 6.01. The zero-order valence-electron chi connectivity index (χ0n) is 13.2. The minimum Gasteiger partial charge on any atom is -0.350 e. The predicted molar refractivity (Wildman–Crippen MR) is 85.1 cm³/mol. The molecule has 0 heterocycles. The van der Waals surface area contributed by atoms with Gasteiger partial charge in [0.15, 0.2) is 5.78 Å². The number of Topliss-reactive ketones (excluding diaryl/α,β-unsaturated/α-hetero) is 1. The largest absolute Gasteiger partial charge is 0.350 e. The molecule has 116 valence electrons. The van der Waals surface area contributed by atoms with E-state index in [4.69, 9.17) is 5.73 Å². The molecule has 0 aliphatic heterocycles. The van der Waals surface area contributed by atoms with Gasteiger partial charge in [-0.3, -0.25) is 9.59 Å². The summed E-state index contributed by atoms with van der Waals surface area (Å²) < 4.78 is 0. The van der Waals surface area contributed by atoms with Gasteiger partial charge in [0.25, 0.3) is 0 Å². The number of ketones is 1. The lowest BCUT2D eigenvalue weighted by atomic mass is 9.90. The first-order chi connectivity index (χ1) is 9.86. The molecule has 1 rings (SSSR count). The molecule has 0 bridgehead atoms. The third kappa shape index (κ3) is 6.08. The molecule has 0 radical (unpaired) electrons. The van der Waals surface area contributed by atoms with Crippen LogP contribution in [0.4, 0.5) is 0 Å². The highest BCUT2D eigenvalue weighted by Crippen LogP contribution is 2.15. The molecule has 0 saturated carbocycles. The molecule has 1 aromatic carbocycles. The van der Waals surface area contributed by atoms with Crippen LogP contribution < -0.4 is 11.1 Å². The van der Waals surface area contributed by atoms with Gasteiger partial charge in [0.05, 0.1) is 0 Å². The molecule has 1 aromatic rings. The lowest BCUT2D eigenvalue weighted by Crippen LogP contribution is -2.52. The zero-order valence-corrected chi connectivity index (χ0v) is 13.2. The van der Waals surface area contributed by atoms with Crippen LogP contribution in [0.25, 0.3) is 0 Å². The van der Waals surface area contributed by atoms with Crippen molar-refractivity contribution in [3.8, 4) is 0 Å². The minimum absolute atomic E-state index is 0.0101. The fraction of sp³-hybridized carbons (Fsp3) is 0.529. The van der Waals surface area contributed by atoms with E-state index in [1.165, 1.54) is 0 Å². The van der Waals surface area contributed by atoms with Crippen molar-refractivity contribution in [1.82, 2.24) is 5.32 Å². The predicted octanol–water partition coefficient (Wildman–Crippen LogP) is 2.53. The van der Waals surface area contributed by atoms with E-state index >= 15 is 0 Å².